The average molecular weight is 369 g/mol. The van der Waals surface area contributed by atoms with E-state index in [-0.39, 0.29) is 11.1 Å². The second kappa shape index (κ2) is 5.62. The highest BCUT2D eigenvalue weighted by molar-refractivity contribution is 5.62. The van der Waals surface area contributed by atoms with Crippen molar-refractivity contribution >= 4 is 5.69 Å². The summed E-state index contributed by atoms with van der Waals surface area (Å²) in [6.45, 7) is 0. The summed E-state index contributed by atoms with van der Waals surface area (Å²) in [5.74, 6) is 3.88. The fourth-order valence-corrected chi connectivity index (χ4v) is 8.14. The first-order chi connectivity index (χ1) is 13.1. The van der Waals surface area contributed by atoms with Gasteiger partial charge in [-0.05, 0) is 93.4 Å². The van der Waals surface area contributed by atoms with Crippen LogP contribution < -0.4 is 10.1 Å². The van der Waals surface area contributed by atoms with E-state index >= 15 is 0 Å². The van der Waals surface area contributed by atoms with Crippen LogP contribution in [0, 0.1) is 11.8 Å². The zero-order valence-corrected chi connectivity index (χ0v) is 16.7. The van der Waals surface area contributed by atoms with Crippen LogP contribution >= 0.6 is 0 Å². The molecule has 146 valence electrons. The summed E-state index contributed by atoms with van der Waals surface area (Å²) in [5.41, 5.74) is 4.62. The molecule has 8 rings (SSSR count). The van der Waals surface area contributed by atoms with Crippen LogP contribution in [0.25, 0.3) is 0 Å². The second-order valence-corrected chi connectivity index (χ2v) is 10.3. The Morgan fingerprint density at radius 1 is 0.963 bits per heavy atom. The normalized spacial score (nSPS) is 43.6. The van der Waals surface area contributed by atoms with Crippen LogP contribution in [0.1, 0.15) is 87.2 Å². The number of fused-ring (bicyclic) bond motifs is 2. The van der Waals surface area contributed by atoms with Gasteiger partial charge in [0.05, 0.1) is 24.6 Å². The lowest BCUT2D eigenvalue weighted by Gasteiger charge is -2.62. The number of aromatic nitrogens is 1. The number of hydrogen-bond donors (Lipinski definition) is 1. The Kier molecular flexibility index (Phi) is 3.47. The van der Waals surface area contributed by atoms with Crippen molar-refractivity contribution in [2.24, 2.45) is 11.8 Å². The Bertz CT molecular complexity index is 754. The number of methoxy groups -OCH3 is 2. The van der Waals surface area contributed by atoms with Gasteiger partial charge in [0.1, 0.15) is 0 Å². The van der Waals surface area contributed by atoms with Crippen molar-refractivity contribution in [3.63, 3.8) is 0 Å². The zero-order valence-electron chi connectivity index (χ0n) is 16.7. The van der Waals surface area contributed by atoms with E-state index in [0.29, 0.717) is 11.8 Å². The van der Waals surface area contributed by atoms with Crippen molar-refractivity contribution in [2.75, 3.05) is 19.5 Å². The number of nitrogens with one attached hydrogen (secondary N) is 1. The lowest BCUT2D eigenvalue weighted by atomic mass is 9.51. The summed E-state index contributed by atoms with van der Waals surface area (Å²) >= 11 is 0. The zero-order chi connectivity index (χ0) is 18.2. The molecule has 0 spiro atoms. The van der Waals surface area contributed by atoms with Crippen molar-refractivity contribution in [1.29, 1.82) is 0 Å². The van der Waals surface area contributed by atoms with Gasteiger partial charge in [-0.3, -0.25) is 0 Å². The highest BCUT2D eigenvalue weighted by Crippen LogP contribution is 2.61. The highest BCUT2D eigenvalue weighted by Gasteiger charge is 2.58. The van der Waals surface area contributed by atoms with Crippen molar-refractivity contribution in [3.8, 4) is 5.88 Å². The van der Waals surface area contributed by atoms with Crippen LogP contribution in [0.15, 0.2) is 6.20 Å². The first-order valence-electron chi connectivity index (χ1n) is 11.0. The van der Waals surface area contributed by atoms with E-state index in [1.165, 1.54) is 75.5 Å². The molecule has 1 N–H and O–H groups in total. The average Bonchev–Trinajstić information content (AvgIpc) is 2.68. The molecule has 0 radical (unpaired) electrons. The van der Waals surface area contributed by atoms with E-state index < -0.39 is 0 Å². The van der Waals surface area contributed by atoms with Gasteiger partial charge in [0.2, 0.25) is 5.88 Å². The van der Waals surface area contributed by atoms with E-state index in [1.54, 1.807) is 12.7 Å². The number of ether oxygens (including phenoxy) is 2. The smallest absolute Gasteiger partial charge is 0.216 e. The van der Waals surface area contributed by atoms with Crippen LogP contribution in [0.3, 0.4) is 0 Å². The van der Waals surface area contributed by atoms with Crippen molar-refractivity contribution in [2.45, 2.75) is 87.2 Å². The molecule has 4 nitrogen and oxygen atoms in total. The van der Waals surface area contributed by atoms with Gasteiger partial charge in [-0.25, -0.2) is 4.98 Å². The minimum Gasteiger partial charge on any atom is -0.481 e. The fraction of sp³-hybridized carbons (Fsp3) is 0.783. The molecule has 4 heteroatoms. The minimum atomic E-state index is 0.121. The summed E-state index contributed by atoms with van der Waals surface area (Å²) in [5, 5.41) is 4.11. The Labute approximate surface area is 162 Å². The molecular weight excluding hydrogens is 336 g/mol. The molecule has 7 aliphatic carbocycles. The van der Waals surface area contributed by atoms with Crippen LogP contribution in [-0.4, -0.2) is 30.3 Å². The summed E-state index contributed by atoms with van der Waals surface area (Å²) in [4.78, 5) is 4.75. The summed E-state index contributed by atoms with van der Waals surface area (Å²) in [6, 6.07) is 0. The molecule has 2 unspecified atom stereocenters. The van der Waals surface area contributed by atoms with Crippen LogP contribution in [0.2, 0.25) is 0 Å². The molecule has 5 saturated carbocycles. The van der Waals surface area contributed by atoms with E-state index in [0.717, 1.165) is 17.7 Å². The van der Waals surface area contributed by atoms with E-state index in [4.69, 9.17) is 14.5 Å². The van der Waals surface area contributed by atoms with Gasteiger partial charge in [0, 0.05) is 18.2 Å². The van der Waals surface area contributed by atoms with Gasteiger partial charge < -0.3 is 14.8 Å². The van der Waals surface area contributed by atoms with Gasteiger partial charge in [-0.1, -0.05) is 0 Å². The first-order valence-corrected chi connectivity index (χ1v) is 11.0. The Morgan fingerprint density at radius 2 is 1.63 bits per heavy atom. The summed E-state index contributed by atoms with van der Waals surface area (Å²) < 4.78 is 11.8. The Morgan fingerprint density at radius 3 is 2.26 bits per heavy atom. The highest BCUT2D eigenvalue weighted by atomic mass is 16.5. The van der Waals surface area contributed by atoms with Gasteiger partial charge >= 0.3 is 0 Å². The maximum Gasteiger partial charge on any atom is 0.216 e. The van der Waals surface area contributed by atoms with Crippen LogP contribution in [-0.2, 0) is 4.74 Å². The molecule has 1 heterocycles. The Balaban J connectivity index is 1.40. The summed E-state index contributed by atoms with van der Waals surface area (Å²) in [7, 11) is 3.72. The number of pyridine rings is 1. The molecule has 0 aromatic carbocycles. The van der Waals surface area contributed by atoms with Crippen molar-refractivity contribution in [3.05, 3.63) is 17.3 Å². The number of rotatable bonds is 4. The molecule has 5 fully saturated rings. The molecule has 1 aromatic heterocycles. The summed E-state index contributed by atoms with van der Waals surface area (Å²) in [6.07, 6.45) is 15.1. The number of anilines is 1. The van der Waals surface area contributed by atoms with E-state index in [9.17, 15) is 0 Å². The largest absolute Gasteiger partial charge is 0.481 e. The van der Waals surface area contributed by atoms with Crippen molar-refractivity contribution < 1.29 is 9.47 Å². The molecule has 0 saturated heterocycles. The first kappa shape index (κ1) is 16.6. The second-order valence-electron chi connectivity index (χ2n) is 10.3. The fourth-order valence-electron chi connectivity index (χ4n) is 8.14. The van der Waals surface area contributed by atoms with Gasteiger partial charge in [0.25, 0.3) is 0 Å². The third-order valence-corrected chi connectivity index (χ3v) is 8.70. The molecular formula is C23H32N2O2. The van der Waals surface area contributed by atoms with Crippen LogP contribution in [0.4, 0.5) is 5.69 Å². The van der Waals surface area contributed by atoms with Gasteiger partial charge in [-0.2, -0.15) is 0 Å². The van der Waals surface area contributed by atoms with E-state index in [1.807, 2.05) is 7.11 Å². The molecule has 1 aromatic rings. The van der Waals surface area contributed by atoms with E-state index in [2.05, 4.69) is 11.5 Å². The minimum absolute atomic E-state index is 0.121. The quantitative estimate of drug-likeness (QED) is 0.813. The lowest BCUT2D eigenvalue weighted by molar-refractivity contribution is -0.148. The number of nitrogens with zero attached hydrogens (tertiary/aromatic N) is 1. The molecule has 27 heavy (non-hydrogen) atoms. The SMILES string of the molecule is COc1ncc(NC23CC4CC(C2)CC(OC)(C4)C3)c2c1C1CCC2CC1. The molecule has 2 atom stereocenters. The predicted octanol–water partition coefficient (Wildman–Crippen LogP) is 4.99. The maximum absolute atomic E-state index is 6.14. The third-order valence-electron chi connectivity index (χ3n) is 8.70. The molecule has 7 aliphatic rings. The van der Waals surface area contributed by atoms with Crippen molar-refractivity contribution in [1.82, 2.24) is 4.98 Å². The molecule has 6 bridgehead atoms. The lowest BCUT2D eigenvalue weighted by Crippen LogP contribution is -2.62. The topological polar surface area (TPSA) is 43.4 Å². The molecule has 0 aliphatic heterocycles. The Hall–Kier alpha value is -1.29. The van der Waals surface area contributed by atoms with Gasteiger partial charge in [0.15, 0.2) is 0 Å². The maximum atomic E-state index is 6.14. The van der Waals surface area contributed by atoms with Crippen LogP contribution in [0.5, 0.6) is 5.88 Å². The standard InChI is InChI=1S/C23H32N2O2/c1-26-21-20-17-5-3-16(4-6-17)19(20)18(12-24-21)25-22-8-14-7-15(9-22)11-23(10-14,13-22)27-2/h12,14-17,25H,3-11,13H2,1-2H3. The number of hydrogen-bond acceptors (Lipinski definition) is 4. The molecule has 0 amide bonds. The predicted molar refractivity (Wildman–Crippen MR) is 106 cm³/mol. The monoisotopic (exact) mass is 368 g/mol. The van der Waals surface area contributed by atoms with Gasteiger partial charge in [-0.15, -0.1) is 0 Å². The third kappa shape index (κ3) is 2.35.